The topological polar surface area (TPSA) is 50.7 Å². The number of benzene rings is 3. The summed E-state index contributed by atoms with van der Waals surface area (Å²) < 4.78 is 0. The highest BCUT2D eigenvalue weighted by molar-refractivity contribution is 5.94. The van der Waals surface area contributed by atoms with Crippen molar-refractivity contribution in [3.8, 4) is 33.6 Å². The van der Waals surface area contributed by atoms with Gasteiger partial charge >= 0.3 is 0 Å². The van der Waals surface area contributed by atoms with Gasteiger partial charge in [-0.15, -0.1) is 0 Å². The SMILES string of the molecule is CNc1nc(-c2cccnc2)nc2ccc(-c3ccc(-c4ccccc4)cc3)cc12. The first-order chi connectivity index (χ1) is 14.8. The molecular weight excluding hydrogens is 368 g/mol. The lowest BCUT2D eigenvalue weighted by Gasteiger charge is -2.10. The van der Waals surface area contributed by atoms with Gasteiger partial charge in [0.2, 0.25) is 0 Å². The predicted molar refractivity (Wildman–Crippen MR) is 123 cm³/mol. The van der Waals surface area contributed by atoms with Crippen LogP contribution in [-0.4, -0.2) is 22.0 Å². The van der Waals surface area contributed by atoms with E-state index in [1.54, 1.807) is 12.4 Å². The summed E-state index contributed by atoms with van der Waals surface area (Å²) in [6.45, 7) is 0. The first-order valence-corrected chi connectivity index (χ1v) is 9.87. The molecule has 5 aromatic rings. The number of fused-ring (bicyclic) bond motifs is 1. The number of rotatable bonds is 4. The molecule has 5 rings (SSSR count). The van der Waals surface area contributed by atoms with Gasteiger partial charge in [0.1, 0.15) is 5.82 Å². The molecule has 0 amide bonds. The van der Waals surface area contributed by atoms with Gasteiger partial charge in [0.15, 0.2) is 5.82 Å². The summed E-state index contributed by atoms with van der Waals surface area (Å²) in [5.41, 5.74) is 6.53. The minimum Gasteiger partial charge on any atom is -0.373 e. The summed E-state index contributed by atoms with van der Waals surface area (Å²) in [5, 5.41) is 4.21. The lowest BCUT2D eigenvalue weighted by atomic mass is 9.99. The number of hydrogen-bond acceptors (Lipinski definition) is 4. The van der Waals surface area contributed by atoms with Gasteiger partial charge in [-0.3, -0.25) is 4.98 Å². The Balaban J connectivity index is 1.55. The third kappa shape index (κ3) is 3.40. The molecule has 0 fully saturated rings. The van der Waals surface area contributed by atoms with Crippen LogP contribution in [0.1, 0.15) is 0 Å². The second kappa shape index (κ2) is 7.76. The van der Waals surface area contributed by atoms with E-state index in [0.29, 0.717) is 5.82 Å². The average molecular weight is 388 g/mol. The molecule has 0 aliphatic rings. The predicted octanol–water partition coefficient (Wildman–Crippen LogP) is 6.07. The van der Waals surface area contributed by atoms with Crippen LogP contribution < -0.4 is 5.32 Å². The lowest BCUT2D eigenvalue weighted by Crippen LogP contribution is -1.99. The highest BCUT2D eigenvalue weighted by Gasteiger charge is 2.10. The normalized spacial score (nSPS) is 10.8. The molecule has 4 heteroatoms. The van der Waals surface area contributed by atoms with E-state index in [0.717, 1.165) is 33.4 Å². The molecule has 0 bridgehead atoms. The van der Waals surface area contributed by atoms with Crippen LogP contribution in [-0.2, 0) is 0 Å². The highest BCUT2D eigenvalue weighted by atomic mass is 15.0. The van der Waals surface area contributed by atoms with Crippen LogP contribution in [0.3, 0.4) is 0 Å². The van der Waals surface area contributed by atoms with Gasteiger partial charge in [-0.05, 0) is 46.5 Å². The number of nitrogens with one attached hydrogen (secondary N) is 1. The molecule has 0 saturated carbocycles. The van der Waals surface area contributed by atoms with Crippen LogP contribution in [0.25, 0.3) is 44.5 Å². The van der Waals surface area contributed by atoms with Crippen molar-refractivity contribution < 1.29 is 0 Å². The zero-order valence-electron chi connectivity index (χ0n) is 16.6. The van der Waals surface area contributed by atoms with Crippen molar-refractivity contribution >= 4 is 16.7 Å². The molecule has 30 heavy (non-hydrogen) atoms. The molecule has 0 radical (unpaired) electrons. The molecule has 0 spiro atoms. The Labute approximate surface area is 175 Å². The van der Waals surface area contributed by atoms with E-state index in [9.17, 15) is 0 Å². The van der Waals surface area contributed by atoms with Crippen molar-refractivity contribution in [2.45, 2.75) is 0 Å². The zero-order valence-corrected chi connectivity index (χ0v) is 16.6. The number of pyridine rings is 1. The minimum absolute atomic E-state index is 0.667. The standard InChI is InChI=1S/C26H20N4/c1-27-26-23-16-21(20-11-9-19(10-12-20)18-6-3-2-4-7-18)13-14-24(23)29-25(30-26)22-8-5-15-28-17-22/h2-17H,1H3,(H,27,29,30). The molecular formula is C26H20N4. The van der Waals surface area contributed by atoms with Gasteiger partial charge in [-0.25, -0.2) is 9.97 Å². The van der Waals surface area contributed by atoms with E-state index in [2.05, 4.69) is 77.0 Å². The molecule has 0 unspecified atom stereocenters. The maximum Gasteiger partial charge on any atom is 0.163 e. The molecule has 0 saturated heterocycles. The maximum atomic E-state index is 4.75. The average Bonchev–Trinajstić information content (AvgIpc) is 2.84. The third-order valence-electron chi connectivity index (χ3n) is 5.18. The van der Waals surface area contributed by atoms with Crippen LogP contribution in [0.4, 0.5) is 5.82 Å². The molecule has 4 nitrogen and oxygen atoms in total. The van der Waals surface area contributed by atoms with E-state index >= 15 is 0 Å². The summed E-state index contributed by atoms with van der Waals surface area (Å²) in [6, 6.07) is 29.2. The van der Waals surface area contributed by atoms with Crippen LogP contribution in [0, 0.1) is 0 Å². The van der Waals surface area contributed by atoms with Crippen molar-refractivity contribution in [3.63, 3.8) is 0 Å². The van der Waals surface area contributed by atoms with Crippen LogP contribution >= 0.6 is 0 Å². The monoisotopic (exact) mass is 388 g/mol. The molecule has 3 aromatic carbocycles. The fourth-order valence-electron chi connectivity index (χ4n) is 3.61. The van der Waals surface area contributed by atoms with Crippen LogP contribution in [0.15, 0.2) is 97.3 Å². The van der Waals surface area contributed by atoms with E-state index in [4.69, 9.17) is 9.97 Å². The summed E-state index contributed by atoms with van der Waals surface area (Å²) in [7, 11) is 1.89. The summed E-state index contributed by atoms with van der Waals surface area (Å²) in [4.78, 5) is 13.6. The highest BCUT2D eigenvalue weighted by Crippen LogP contribution is 2.30. The Morgan fingerprint density at radius 2 is 1.30 bits per heavy atom. The molecule has 2 aromatic heterocycles. The quantitative estimate of drug-likeness (QED) is 0.406. The van der Waals surface area contributed by atoms with E-state index in [1.807, 2.05) is 25.2 Å². The zero-order chi connectivity index (χ0) is 20.3. The Morgan fingerprint density at radius 1 is 0.633 bits per heavy atom. The van der Waals surface area contributed by atoms with Gasteiger partial charge in [-0.1, -0.05) is 60.7 Å². The Morgan fingerprint density at radius 3 is 2.00 bits per heavy atom. The minimum atomic E-state index is 0.667. The van der Waals surface area contributed by atoms with E-state index in [-0.39, 0.29) is 0 Å². The number of aromatic nitrogens is 3. The lowest BCUT2D eigenvalue weighted by molar-refractivity contribution is 1.20. The largest absolute Gasteiger partial charge is 0.373 e. The van der Waals surface area contributed by atoms with Crippen molar-refractivity contribution in [1.82, 2.24) is 15.0 Å². The number of nitrogens with zero attached hydrogens (tertiary/aromatic N) is 3. The summed E-state index contributed by atoms with van der Waals surface area (Å²) >= 11 is 0. The van der Waals surface area contributed by atoms with Crippen molar-refractivity contribution in [1.29, 1.82) is 0 Å². The van der Waals surface area contributed by atoms with Gasteiger partial charge in [-0.2, -0.15) is 0 Å². The van der Waals surface area contributed by atoms with Gasteiger partial charge < -0.3 is 5.32 Å². The van der Waals surface area contributed by atoms with Gasteiger partial charge in [0.05, 0.1) is 5.52 Å². The third-order valence-corrected chi connectivity index (χ3v) is 5.18. The Hall–Kier alpha value is -4.05. The molecule has 2 heterocycles. The van der Waals surface area contributed by atoms with E-state index in [1.165, 1.54) is 11.1 Å². The van der Waals surface area contributed by atoms with Crippen LogP contribution in [0.2, 0.25) is 0 Å². The second-order valence-electron chi connectivity index (χ2n) is 7.06. The second-order valence-corrected chi connectivity index (χ2v) is 7.06. The van der Waals surface area contributed by atoms with Gasteiger partial charge in [0.25, 0.3) is 0 Å². The van der Waals surface area contributed by atoms with Crippen molar-refractivity contribution in [2.75, 3.05) is 12.4 Å². The molecule has 0 aliphatic carbocycles. The Kier molecular flexibility index (Phi) is 4.66. The summed E-state index contributed by atoms with van der Waals surface area (Å²) in [6.07, 6.45) is 3.53. The fourth-order valence-corrected chi connectivity index (χ4v) is 3.61. The molecule has 0 aliphatic heterocycles. The van der Waals surface area contributed by atoms with E-state index < -0.39 is 0 Å². The van der Waals surface area contributed by atoms with Crippen LogP contribution in [0.5, 0.6) is 0 Å². The van der Waals surface area contributed by atoms with Gasteiger partial charge in [0, 0.05) is 30.4 Å². The molecule has 144 valence electrons. The molecule has 1 N–H and O–H groups in total. The maximum absolute atomic E-state index is 4.75. The van der Waals surface area contributed by atoms with Crippen molar-refractivity contribution in [3.05, 3.63) is 97.3 Å². The smallest absolute Gasteiger partial charge is 0.163 e. The molecule has 0 atom stereocenters. The Bertz CT molecular complexity index is 1300. The first kappa shape index (κ1) is 18.0. The fraction of sp³-hybridized carbons (Fsp3) is 0.0385. The van der Waals surface area contributed by atoms with Crippen molar-refractivity contribution in [2.24, 2.45) is 0 Å². The first-order valence-electron chi connectivity index (χ1n) is 9.87. The number of anilines is 1. The number of hydrogen-bond donors (Lipinski definition) is 1. The summed E-state index contributed by atoms with van der Waals surface area (Å²) in [5.74, 6) is 1.47.